The zero-order chi connectivity index (χ0) is 12.3. The lowest BCUT2D eigenvalue weighted by Gasteiger charge is -2.28. The predicted octanol–water partition coefficient (Wildman–Crippen LogP) is 2.78. The van der Waals surface area contributed by atoms with Gasteiger partial charge in [0, 0.05) is 10.2 Å². The lowest BCUT2D eigenvalue weighted by atomic mass is 9.92. The minimum absolute atomic E-state index is 0.0626. The third kappa shape index (κ3) is 3.30. The van der Waals surface area contributed by atoms with E-state index in [0.717, 1.165) is 29.5 Å². The molecule has 0 spiro atoms. The molecule has 0 aliphatic carbocycles. The van der Waals surface area contributed by atoms with Crippen molar-refractivity contribution in [2.45, 2.75) is 25.8 Å². The lowest BCUT2D eigenvalue weighted by Crippen LogP contribution is -2.48. The number of benzene rings is 1. The van der Waals surface area contributed by atoms with Crippen LogP contribution in [0.1, 0.15) is 19.8 Å². The highest BCUT2D eigenvalue weighted by atomic mass is 79.9. The van der Waals surface area contributed by atoms with E-state index in [0.29, 0.717) is 5.92 Å². The van der Waals surface area contributed by atoms with Gasteiger partial charge in [-0.1, -0.05) is 22.9 Å². The molecule has 2 atom stereocenters. The number of carbonyl (C=O) groups is 1. The van der Waals surface area contributed by atoms with Crippen LogP contribution in [0, 0.1) is 5.92 Å². The number of piperidine rings is 1. The number of nitrogens with one attached hydrogen (secondary N) is 2. The van der Waals surface area contributed by atoms with Gasteiger partial charge in [-0.3, -0.25) is 4.79 Å². The van der Waals surface area contributed by atoms with Crippen LogP contribution in [0.3, 0.4) is 0 Å². The molecule has 2 unspecified atom stereocenters. The molecule has 2 N–H and O–H groups in total. The summed E-state index contributed by atoms with van der Waals surface area (Å²) in [7, 11) is 0. The molecule has 4 heteroatoms. The van der Waals surface area contributed by atoms with Crippen molar-refractivity contribution in [2.75, 3.05) is 11.9 Å². The molecule has 1 heterocycles. The average molecular weight is 297 g/mol. The summed E-state index contributed by atoms with van der Waals surface area (Å²) in [6.45, 7) is 3.06. The summed E-state index contributed by atoms with van der Waals surface area (Å²) < 4.78 is 1.01. The maximum atomic E-state index is 12.1. The summed E-state index contributed by atoms with van der Waals surface area (Å²) in [5, 5.41) is 6.23. The Balaban J connectivity index is 1.98. The van der Waals surface area contributed by atoms with E-state index in [1.165, 1.54) is 0 Å². The number of hydrogen-bond acceptors (Lipinski definition) is 2. The van der Waals surface area contributed by atoms with Crippen molar-refractivity contribution in [3.8, 4) is 0 Å². The van der Waals surface area contributed by atoms with Gasteiger partial charge in [-0.05, 0) is 49.6 Å². The second-order valence-corrected chi connectivity index (χ2v) is 5.46. The third-order valence-electron chi connectivity index (χ3n) is 3.16. The molecule has 3 nitrogen and oxygen atoms in total. The van der Waals surface area contributed by atoms with Crippen molar-refractivity contribution in [3.05, 3.63) is 28.7 Å². The van der Waals surface area contributed by atoms with Crippen LogP contribution in [0.15, 0.2) is 28.7 Å². The second-order valence-electron chi connectivity index (χ2n) is 4.55. The molecule has 0 bridgehead atoms. The molecule has 92 valence electrons. The number of anilines is 1. The summed E-state index contributed by atoms with van der Waals surface area (Å²) in [6, 6.07) is 7.58. The SMILES string of the molecule is CC1CCCNC1C(=O)Nc1ccc(Br)cc1. The molecule has 1 aliphatic heterocycles. The van der Waals surface area contributed by atoms with E-state index in [1.54, 1.807) is 0 Å². The molecule has 17 heavy (non-hydrogen) atoms. The first-order valence-electron chi connectivity index (χ1n) is 5.96. The molecular weight excluding hydrogens is 280 g/mol. The Kier molecular flexibility index (Phi) is 4.18. The van der Waals surface area contributed by atoms with Crippen molar-refractivity contribution >= 4 is 27.5 Å². The minimum atomic E-state index is -0.0626. The Morgan fingerprint density at radius 1 is 1.41 bits per heavy atom. The van der Waals surface area contributed by atoms with Gasteiger partial charge in [-0.2, -0.15) is 0 Å². The molecule has 0 radical (unpaired) electrons. The van der Waals surface area contributed by atoms with E-state index < -0.39 is 0 Å². The first-order chi connectivity index (χ1) is 8.16. The molecule has 1 aliphatic rings. The summed E-state index contributed by atoms with van der Waals surface area (Å²) in [5.74, 6) is 0.471. The fourth-order valence-corrected chi connectivity index (χ4v) is 2.42. The number of rotatable bonds is 2. The van der Waals surface area contributed by atoms with E-state index >= 15 is 0 Å². The molecule has 1 fully saturated rings. The highest BCUT2D eigenvalue weighted by Gasteiger charge is 2.27. The van der Waals surface area contributed by atoms with Crippen LogP contribution < -0.4 is 10.6 Å². The number of amides is 1. The first kappa shape index (κ1) is 12.6. The Hall–Kier alpha value is -0.870. The van der Waals surface area contributed by atoms with Gasteiger partial charge in [-0.25, -0.2) is 0 Å². The zero-order valence-corrected chi connectivity index (χ0v) is 11.5. The highest BCUT2D eigenvalue weighted by Crippen LogP contribution is 2.18. The van der Waals surface area contributed by atoms with Crippen LogP contribution in [0.25, 0.3) is 0 Å². The fraction of sp³-hybridized carbons (Fsp3) is 0.462. The van der Waals surface area contributed by atoms with Crippen LogP contribution in [-0.2, 0) is 4.79 Å². The maximum absolute atomic E-state index is 12.1. The van der Waals surface area contributed by atoms with E-state index in [2.05, 4.69) is 33.5 Å². The Labute approximate surface area is 110 Å². The van der Waals surface area contributed by atoms with Gasteiger partial charge in [0.15, 0.2) is 0 Å². The Morgan fingerprint density at radius 2 is 2.12 bits per heavy atom. The predicted molar refractivity (Wildman–Crippen MR) is 73.0 cm³/mol. The lowest BCUT2D eigenvalue weighted by molar-refractivity contribution is -0.119. The number of halogens is 1. The van der Waals surface area contributed by atoms with E-state index in [4.69, 9.17) is 0 Å². The van der Waals surface area contributed by atoms with Crippen molar-refractivity contribution in [2.24, 2.45) is 5.92 Å². The average Bonchev–Trinajstić information content (AvgIpc) is 2.32. The van der Waals surface area contributed by atoms with Crippen LogP contribution in [0.2, 0.25) is 0 Å². The van der Waals surface area contributed by atoms with Gasteiger partial charge in [0.1, 0.15) is 0 Å². The molecule has 0 aromatic heterocycles. The molecule has 1 amide bonds. The van der Waals surface area contributed by atoms with E-state index in [1.807, 2.05) is 24.3 Å². The Morgan fingerprint density at radius 3 is 2.76 bits per heavy atom. The number of hydrogen-bond donors (Lipinski definition) is 2. The van der Waals surface area contributed by atoms with Crippen molar-refractivity contribution in [1.29, 1.82) is 0 Å². The molecule has 1 aromatic carbocycles. The normalized spacial score (nSPS) is 24.4. The summed E-state index contributed by atoms with van der Waals surface area (Å²) in [6.07, 6.45) is 2.27. The monoisotopic (exact) mass is 296 g/mol. The van der Waals surface area contributed by atoms with E-state index in [9.17, 15) is 4.79 Å². The van der Waals surface area contributed by atoms with Crippen LogP contribution in [0.4, 0.5) is 5.69 Å². The quantitative estimate of drug-likeness (QED) is 0.881. The van der Waals surface area contributed by atoms with Gasteiger partial charge in [0.2, 0.25) is 5.91 Å². The van der Waals surface area contributed by atoms with Crippen molar-refractivity contribution < 1.29 is 4.79 Å². The van der Waals surface area contributed by atoms with Gasteiger partial charge in [0.05, 0.1) is 6.04 Å². The van der Waals surface area contributed by atoms with Crippen LogP contribution >= 0.6 is 15.9 Å². The molecule has 1 saturated heterocycles. The van der Waals surface area contributed by atoms with Crippen molar-refractivity contribution in [1.82, 2.24) is 5.32 Å². The van der Waals surface area contributed by atoms with Crippen molar-refractivity contribution in [3.63, 3.8) is 0 Å². The Bertz CT molecular complexity index is 391. The van der Waals surface area contributed by atoms with Gasteiger partial charge < -0.3 is 10.6 Å². The first-order valence-corrected chi connectivity index (χ1v) is 6.76. The third-order valence-corrected chi connectivity index (χ3v) is 3.69. The maximum Gasteiger partial charge on any atom is 0.241 e. The summed E-state index contributed by atoms with van der Waals surface area (Å²) >= 11 is 3.37. The molecular formula is C13H17BrN2O. The minimum Gasteiger partial charge on any atom is -0.325 e. The van der Waals surface area contributed by atoms with Gasteiger partial charge in [0.25, 0.3) is 0 Å². The van der Waals surface area contributed by atoms with Crippen LogP contribution in [0.5, 0.6) is 0 Å². The summed E-state index contributed by atoms with van der Waals surface area (Å²) in [5.41, 5.74) is 0.845. The molecule has 2 rings (SSSR count). The number of carbonyl (C=O) groups excluding carboxylic acids is 1. The summed E-state index contributed by atoms with van der Waals surface area (Å²) in [4.78, 5) is 12.1. The van der Waals surface area contributed by atoms with E-state index in [-0.39, 0.29) is 11.9 Å². The standard InChI is InChI=1S/C13H17BrN2O/c1-9-3-2-8-15-12(9)13(17)16-11-6-4-10(14)5-7-11/h4-7,9,12,15H,2-3,8H2,1H3,(H,16,17). The van der Waals surface area contributed by atoms with Gasteiger partial charge >= 0.3 is 0 Å². The largest absolute Gasteiger partial charge is 0.325 e. The highest BCUT2D eigenvalue weighted by molar-refractivity contribution is 9.10. The zero-order valence-electron chi connectivity index (χ0n) is 9.87. The van der Waals surface area contributed by atoms with Gasteiger partial charge in [-0.15, -0.1) is 0 Å². The van der Waals surface area contributed by atoms with Crippen LogP contribution in [-0.4, -0.2) is 18.5 Å². The molecule has 1 aromatic rings. The fourth-order valence-electron chi connectivity index (χ4n) is 2.15. The topological polar surface area (TPSA) is 41.1 Å². The second kappa shape index (κ2) is 5.65. The smallest absolute Gasteiger partial charge is 0.241 e. The molecule has 0 saturated carbocycles.